The molecule has 10 heteroatoms. The Morgan fingerprint density at radius 2 is 1.76 bits per heavy atom. The summed E-state index contributed by atoms with van der Waals surface area (Å²) < 4.78 is 5.06. The first-order valence-corrected chi connectivity index (χ1v) is 11.2. The van der Waals surface area contributed by atoms with Crippen molar-refractivity contribution in [3.8, 4) is 5.75 Å². The molecule has 4 rings (SSSR count). The minimum atomic E-state index is -0.583. The van der Waals surface area contributed by atoms with Gasteiger partial charge in [0.05, 0.1) is 17.5 Å². The topological polar surface area (TPSA) is 123 Å². The lowest BCUT2D eigenvalue weighted by atomic mass is 9.91. The summed E-state index contributed by atoms with van der Waals surface area (Å²) in [6.45, 7) is 0. The number of hydrogen-bond acceptors (Lipinski definition) is 8. The summed E-state index contributed by atoms with van der Waals surface area (Å²) in [7, 11) is 5.26. The maximum atomic E-state index is 12.8. The molecule has 0 aliphatic heterocycles. The van der Waals surface area contributed by atoms with E-state index in [4.69, 9.17) is 9.72 Å². The normalized spacial score (nSPS) is 17.7. The van der Waals surface area contributed by atoms with Gasteiger partial charge in [-0.25, -0.2) is 4.98 Å². The van der Waals surface area contributed by atoms with E-state index >= 15 is 0 Å². The van der Waals surface area contributed by atoms with Gasteiger partial charge in [-0.05, 0) is 49.9 Å². The van der Waals surface area contributed by atoms with Gasteiger partial charge in [0.15, 0.2) is 5.75 Å². The molecule has 1 amide bonds. The average molecular weight is 465 g/mol. The molecule has 178 valence electrons. The number of carbonyl (C=O) groups is 1. The zero-order chi connectivity index (χ0) is 24.2. The van der Waals surface area contributed by atoms with Crippen molar-refractivity contribution >= 4 is 34.3 Å². The highest BCUT2D eigenvalue weighted by molar-refractivity contribution is 5.99. The highest BCUT2D eigenvalue weighted by atomic mass is 16.6. The Bertz CT molecular complexity index is 1210. The first-order chi connectivity index (χ1) is 16.4. The molecule has 1 heterocycles. The molecular formula is C24H28N6O4. The first kappa shape index (κ1) is 23.2. The largest absolute Gasteiger partial charge is 0.490 e. The molecular weight excluding hydrogens is 436 g/mol. The van der Waals surface area contributed by atoms with Crippen LogP contribution < -0.4 is 20.3 Å². The van der Waals surface area contributed by atoms with Crippen LogP contribution in [0, 0.1) is 10.1 Å². The van der Waals surface area contributed by atoms with E-state index in [1.165, 1.54) is 19.2 Å². The van der Waals surface area contributed by atoms with Gasteiger partial charge < -0.3 is 20.3 Å². The van der Waals surface area contributed by atoms with E-state index in [1.807, 2.05) is 43.3 Å². The summed E-state index contributed by atoms with van der Waals surface area (Å²) in [6, 6.07) is 12.5. The van der Waals surface area contributed by atoms with E-state index in [9.17, 15) is 14.9 Å². The van der Waals surface area contributed by atoms with Crippen molar-refractivity contribution in [3.63, 3.8) is 0 Å². The quantitative estimate of drug-likeness (QED) is 0.400. The number of rotatable bonds is 7. The number of anilines is 2. The van der Waals surface area contributed by atoms with E-state index in [-0.39, 0.29) is 29.1 Å². The molecule has 10 nitrogen and oxygen atoms in total. The number of nitro benzene ring substituents is 1. The van der Waals surface area contributed by atoms with Gasteiger partial charge in [-0.3, -0.25) is 14.9 Å². The average Bonchev–Trinajstić information content (AvgIpc) is 2.84. The van der Waals surface area contributed by atoms with Crippen LogP contribution in [0.1, 0.15) is 36.0 Å². The van der Waals surface area contributed by atoms with Crippen molar-refractivity contribution < 1.29 is 14.5 Å². The van der Waals surface area contributed by atoms with Crippen molar-refractivity contribution in [2.75, 3.05) is 31.4 Å². The van der Waals surface area contributed by atoms with Crippen LogP contribution in [0.5, 0.6) is 5.75 Å². The lowest BCUT2D eigenvalue weighted by Crippen LogP contribution is -2.40. The van der Waals surface area contributed by atoms with Gasteiger partial charge in [-0.15, -0.1) is 0 Å². The Hall–Kier alpha value is -3.95. The number of fused-ring (bicyclic) bond motifs is 1. The standard InChI is InChI=1S/C24H28N6O4/c1-29(2)22-17-7-4-5-9-19(17)27-24(28-22)26-16-13-11-15(12-14-16)25-23(31)18-8-6-10-20(34-3)21(18)30(32)33/h4-10,15-16H,11-14H2,1-3H3,(H,25,31)(H,26,27,28)/t15-,16+. The second kappa shape index (κ2) is 9.90. The lowest BCUT2D eigenvalue weighted by molar-refractivity contribution is -0.386. The lowest BCUT2D eigenvalue weighted by Gasteiger charge is -2.30. The van der Waals surface area contributed by atoms with Gasteiger partial charge in [0.2, 0.25) is 5.95 Å². The number of aromatic nitrogens is 2. The molecule has 1 aromatic heterocycles. The predicted octanol–water partition coefficient (Wildman–Crippen LogP) is 3.77. The highest BCUT2D eigenvalue weighted by Crippen LogP contribution is 2.31. The summed E-state index contributed by atoms with van der Waals surface area (Å²) in [5, 5.41) is 18.9. The summed E-state index contributed by atoms with van der Waals surface area (Å²) in [5.41, 5.74) is 0.568. The van der Waals surface area contributed by atoms with Crippen LogP contribution in [-0.2, 0) is 0 Å². The zero-order valence-electron chi connectivity index (χ0n) is 19.4. The van der Waals surface area contributed by atoms with Crippen LogP contribution in [0.3, 0.4) is 0 Å². The SMILES string of the molecule is COc1cccc(C(=O)N[C@H]2CC[C@@H](Nc3nc(N(C)C)c4ccccc4n3)CC2)c1[N+](=O)[O-]. The number of amides is 1. The number of para-hydroxylation sites is 2. The predicted molar refractivity (Wildman–Crippen MR) is 131 cm³/mol. The number of nitrogens with zero attached hydrogens (tertiary/aromatic N) is 4. The summed E-state index contributed by atoms with van der Waals surface area (Å²) in [6.07, 6.45) is 3.13. The molecule has 0 unspecified atom stereocenters. The van der Waals surface area contributed by atoms with Gasteiger partial charge in [-0.2, -0.15) is 4.98 Å². The second-order valence-electron chi connectivity index (χ2n) is 8.56. The second-order valence-corrected chi connectivity index (χ2v) is 8.56. The molecule has 1 aliphatic rings. The molecule has 2 N–H and O–H groups in total. The molecule has 0 bridgehead atoms. The van der Waals surface area contributed by atoms with Crippen molar-refractivity contribution in [3.05, 3.63) is 58.1 Å². The molecule has 0 saturated heterocycles. The van der Waals surface area contributed by atoms with Crippen LogP contribution in [-0.4, -0.2) is 54.1 Å². The van der Waals surface area contributed by atoms with E-state index in [0.29, 0.717) is 5.95 Å². The molecule has 0 radical (unpaired) electrons. The number of nitrogens with one attached hydrogen (secondary N) is 2. The Morgan fingerprint density at radius 1 is 1.06 bits per heavy atom. The fraction of sp³-hybridized carbons (Fsp3) is 0.375. The number of nitro groups is 1. The van der Waals surface area contributed by atoms with E-state index < -0.39 is 10.8 Å². The summed E-state index contributed by atoms with van der Waals surface area (Å²) >= 11 is 0. The van der Waals surface area contributed by atoms with Crippen molar-refractivity contribution in [2.45, 2.75) is 37.8 Å². The zero-order valence-corrected chi connectivity index (χ0v) is 19.4. The maximum Gasteiger partial charge on any atom is 0.323 e. The number of benzene rings is 2. The van der Waals surface area contributed by atoms with Gasteiger partial charge in [0, 0.05) is 31.6 Å². The first-order valence-electron chi connectivity index (χ1n) is 11.2. The number of ether oxygens (including phenoxy) is 1. The Morgan fingerprint density at radius 3 is 2.44 bits per heavy atom. The minimum absolute atomic E-state index is 0.00498. The number of carbonyl (C=O) groups excluding carboxylic acids is 1. The minimum Gasteiger partial charge on any atom is -0.490 e. The summed E-state index contributed by atoms with van der Waals surface area (Å²) in [5.74, 6) is 1.05. The molecule has 1 aliphatic carbocycles. The smallest absolute Gasteiger partial charge is 0.323 e. The molecule has 34 heavy (non-hydrogen) atoms. The fourth-order valence-electron chi connectivity index (χ4n) is 4.35. The Kier molecular flexibility index (Phi) is 6.76. The highest BCUT2D eigenvalue weighted by Gasteiger charge is 2.28. The van der Waals surface area contributed by atoms with E-state index in [1.54, 1.807) is 6.07 Å². The molecule has 1 saturated carbocycles. The third kappa shape index (κ3) is 4.85. The van der Waals surface area contributed by atoms with Gasteiger partial charge >= 0.3 is 5.69 Å². The third-order valence-electron chi connectivity index (χ3n) is 6.05. The van der Waals surface area contributed by atoms with Crippen LogP contribution >= 0.6 is 0 Å². The summed E-state index contributed by atoms with van der Waals surface area (Å²) in [4.78, 5) is 35.0. The molecule has 1 fully saturated rings. The van der Waals surface area contributed by atoms with Crippen molar-refractivity contribution in [2.24, 2.45) is 0 Å². The number of methoxy groups -OCH3 is 1. The molecule has 2 aromatic carbocycles. The molecule has 0 atom stereocenters. The maximum absolute atomic E-state index is 12.8. The third-order valence-corrected chi connectivity index (χ3v) is 6.05. The fourth-order valence-corrected chi connectivity index (χ4v) is 4.35. The van der Waals surface area contributed by atoms with E-state index in [2.05, 4.69) is 15.6 Å². The molecule has 3 aromatic rings. The van der Waals surface area contributed by atoms with Crippen molar-refractivity contribution in [1.82, 2.24) is 15.3 Å². The van der Waals surface area contributed by atoms with Crippen LogP contribution in [0.2, 0.25) is 0 Å². The monoisotopic (exact) mass is 464 g/mol. The van der Waals surface area contributed by atoms with Crippen LogP contribution in [0.4, 0.5) is 17.5 Å². The van der Waals surface area contributed by atoms with E-state index in [0.717, 1.165) is 42.4 Å². The Balaban J connectivity index is 1.40. The van der Waals surface area contributed by atoms with Gasteiger partial charge in [0.25, 0.3) is 5.91 Å². The van der Waals surface area contributed by atoms with Gasteiger partial charge in [-0.1, -0.05) is 18.2 Å². The van der Waals surface area contributed by atoms with Crippen LogP contribution in [0.15, 0.2) is 42.5 Å². The van der Waals surface area contributed by atoms with Crippen LogP contribution in [0.25, 0.3) is 10.9 Å². The number of hydrogen-bond donors (Lipinski definition) is 2. The Labute approximate surface area is 197 Å². The van der Waals surface area contributed by atoms with Gasteiger partial charge in [0.1, 0.15) is 11.4 Å². The van der Waals surface area contributed by atoms with Crippen molar-refractivity contribution in [1.29, 1.82) is 0 Å². The molecule has 0 spiro atoms.